The molecule has 0 aliphatic carbocycles. The van der Waals surface area contributed by atoms with E-state index >= 15 is 0 Å². The van der Waals surface area contributed by atoms with Gasteiger partial charge in [-0.3, -0.25) is 14.2 Å². The zero-order valence-corrected chi connectivity index (χ0v) is 18.0. The average molecular weight is 436 g/mol. The van der Waals surface area contributed by atoms with Crippen LogP contribution in [0, 0.1) is 0 Å². The number of carbonyl (C=O) groups excluding carboxylic acids is 1. The Bertz CT molecular complexity index is 1270. The average Bonchev–Trinajstić information content (AvgIpc) is 3.20. The summed E-state index contributed by atoms with van der Waals surface area (Å²) in [7, 11) is 0. The molecule has 0 bridgehead atoms. The summed E-state index contributed by atoms with van der Waals surface area (Å²) in [6.07, 6.45) is 2.87. The number of hydrogen-bond donors (Lipinski definition) is 1. The summed E-state index contributed by atoms with van der Waals surface area (Å²) in [5, 5.41) is 8.13. The topological polar surface area (TPSA) is 81.8 Å². The van der Waals surface area contributed by atoms with Crippen LogP contribution in [0.25, 0.3) is 16.7 Å². The van der Waals surface area contributed by atoms with Gasteiger partial charge in [-0.2, -0.15) is 5.10 Å². The first kappa shape index (κ1) is 20.8. The van der Waals surface area contributed by atoms with E-state index in [1.165, 1.54) is 22.7 Å². The molecule has 158 valence electrons. The van der Waals surface area contributed by atoms with Crippen molar-refractivity contribution in [3.63, 3.8) is 0 Å². The van der Waals surface area contributed by atoms with Crippen LogP contribution >= 0.6 is 11.6 Å². The normalized spacial score (nSPS) is 11.2. The lowest BCUT2D eigenvalue weighted by Crippen LogP contribution is -2.32. The van der Waals surface area contributed by atoms with E-state index in [4.69, 9.17) is 11.6 Å². The van der Waals surface area contributed by atoms with Crippen LogP contribution in [-0.4, -0.2) is 25.2 Å². The van der Waals surface area contributed by atoms with Gasteiger partial charge >= 0.3 is 0 Å². The van der Waals surface area contributed by atoms with E-state index < -0.39 is 0 Å². The van der Waals surface area contributed by atoms with Gasteiger partial charge in [-0.05, 0) is 41.3 Å². The van der Waals surface area contributed by atoms with Crippen molar-refractivity contribution < 1.29 is 4.79 Å². The first-order valence-corrected chi connectivity index (χ1v) is 10.3. The largest absolute Gasteiger partial charge is 0.350 e. The zero-order chi connectivity index (χ0) is 22.0. The molecule has 0 atom stereocenters. The summed E-state index contributed by atoms with van der Waals surface area (Å²) in [4.78, 5) is 29.5. The highest BCUT2D eigenvalue weighted by molar-refractivity contribution is 6.30. The fraction of sp³-hybridized carbons (Fsp3) is 0.217. The third-order valence-corrected chi connectivity index (χ3v) is 5.33. The van der Waals surface area contributed by atoms with E-state index in [0.717, 1.165) is 11.3 Å². The molecule has 8 heteroatoms. The van der Waals surface area contributed by atoms with Gasteiger partial charge in [-0.25, -0.2) is 9.67 Å². The maximum Gasteiger partial charge on any atom is 0.264 e. The minimum absolute atomic E-state index is 0.121. The molecule has 1 amide bonds. The van der Waals surface area contributed by atoms with E-state index in [9.17, 15) is 9.59 Å². The molecular weight excluding hydrogens is 414 g/mol. The van der Waals surface area contributed by atoms with Crippen LogP contribution in [0.4, 0.5) is 0 Å². The summed E-state index contributed by atoms with van der Waals surface area (Å²) >= 11 is 5.87. The van der Waals surface area contributed by atoms with Gasteiger partial charge in [0.1, 0.15) is 18.3 Å². The minimum Gasteiger partial charge on any atom is -0.350 e. The Morgan fingerprint density at radius 3 is 2.48 bits per heavy atom. The highest BCUT2D eigenvalue weighted by Crippen LogP contribution is 2.18. The summed E-state index contributed by atoms with van der Waals surface area (Å²) in [5.41, 5.74) is 3.12. The number of aromatic nitrogens is 4. The molecule has 4 rings (SSSR count). The minimum atomic E-state index is -0.309. The SMILES string of the molecule is CC(C)c1ccc(-n2ncc3c(=O)n(CC(=O)NCc4ccc(Cl)cc4)cnc32)cc1. The number of hydrogen-bond acceptors (Lipinski definition) is 4. The second kappa shape index (κ2) is 8.73. The number of benzene rings is 2. The molecule has 31 heavy (non-hydrogen) atoms. The number of amides is 1. The predicted molar refractivity (Wildman–Crippen MR) is 121 cm³/mol. The predicted octanol–water partition coefficient (Wildman–Crippen LogP) is 3.68. The van der Waals surface area contributed by atoms with Crippen molar-refractivity contribution in [1.82, 2.24) is 24.6 Å². The maximum atomic E-state index is 12.8. The lowest BCUT2D eigenvalue weighted by atomic mass is 10.0. The van der Waals surface area contributed by atoms with Gasteiger partial charge in [0, 0.05) is 11.6 Å². The van der Waals surface area contributed by atoms with Gasteiger partial charge in [0.25, 0.3) is 5.56 Å². The summed E-state index contributed by atoms with van der Waals surface area (Å²) < 4.78 is 2.92. The molecule has 7 nitrogen and oxygen atoms in total. The zero-order valence-electron chi connectivity index (χ0n) is 17.2. The molecule has 2 heterocycles. The van der Waals surface area contributed by atoms with E-state index in [1.807, 2.05) is 36.4 Å². The molecule has 0 fully saturated rings. The van der Waals surface area contributed by atoms with E-state index in [1.54, 1.807) is 16.8 Å². The van der Waals surface area contributed by atoms with E-state index in [2.05, 4.69) is 29.2 Å². The number of nitrogens with zero attached hydrogens (tertiary/aromatic N) is 4. The molecule has 0 unspecified atom stereocenters. The van der Waals surface area contributed by atoms with Crippen molar-refractivity contribution in [3.05, 3.63) is 87.6 Å². The first-order valence-electron chi connectivity index (χ1n) is 9.97. The molecule has 4 aromatic rings. The van der Waals surface area contributed by atoms with Crippen molar-refractivity contribution in [3.8, 4) is 5.69 Å². The maximum absolute atomic E-state index is 12.8. The summed E-state index contributed by atoms with van der Waals surface area (Å²) in [6, 6.07) is 15.2. The molecule has 0 radical (unpaired) electrons. The molecule has 1 N–H and O–H groups in total. The van der Waals surface area contributed by atoms with Gasteiger partial charge in [-0.15, -0.1) is 0 Å². The summed E-state index contributed by atoms with van der Waals surface area (Å²) in [6.45, 7) is 4.50. The Morgan fingerprint density at radius 1 is 1.10 bits per heavy atom. The van der Waals surface area contributed by atoms with Crippen molar-refractivity contribution in [2.45, 2.75) is 32.9 Å². The monoisotopic (exact) mass is 435 g/mol. The highest BCUT2D eigenvalue weighted by atomic mass is 35.5. The van der Waals surface area contributed by atoms with Gasteiger partial charge in [0.05, 0.1) is 11.9 Å². The Kier molecular flexibility index (Phi) is 5.86. The van der Waals surface area contributed by atoms with Crippen LogP contribution in [0.3, 0.4) is 0 Å². The van der Waals surface area contributed by atoms with Crippen LogP contribution < -0.4 is 10.9 Å². The van der Waals surface area contributed by atoms with Crippen LogP contribution in [0.1, 0.15) is 30.9 Å². The number of rotatable bonds is 6. The second-order valence-corrected chi connectivity index (χ2v) is 8.06. The lowest BCUT2D eigenvalue weighted by Gasteiger charge is -2.09. The molecular formula is C23H22ClN5O2. The van der Waals surface area contributed by atoms with Gasteiger partial charge < -0.3 is 5.32 Å². The Hall–Kier alpha value is -3.45. The molecule has 0 spiro atoms. The van der Waals surface area contributed by atoms with Gasteiger partial charge in [0.15, 0.2) is 5.65 Å². The van der Waals surface area contributed by atoms with Crippen LogP contribution in [0.2, 0.25) is 5.02 Å². The van der Waals surface area contributed by atoms with Crippen molar-refractivity contribution in [2.24, 2.45) is 0 Å². The van der Waals surface area contributed by atoms with E-state index in [-0.39, 0.29) is 18.0 Å². The molecule has 2 aromatic carbocycles. The van der Waals surface area contributed by atoms with E-state index in [0.29, 0.717) is 28.5 Å². The third-order valence-electron chi connectivity index (χ3n) is 5.08. The molecule has 0 aliphatic rings. The van der Waals surface area contributed by atoms with Gasteiger partial charge in [0.2, 0.25) is 5.91 Å². The van der Waals surface area contributed by atoms with Crippen molar-refractivity contribution in [1.29, 1.82) is 0 Å². The highest BCUT2D eigenvalue weighted by Gasteiger charge is 2.13. The first-order chi connectivity index (χ1) is 14.9. The molecule has 0 saturated carbocycles. The van der Waals surface area contributed by atoms with Crippen molar-refractivity contribution in [2.75, 3.05) is 0 Å². The number of carbonyl (C=O) groups is 1. The number of nitrogens with one attached hydrogen (secondary N) is 1. The Balaban J connectivity index is 1.51. The number of halogens is 1. The smallest absolute Gasteiger partial charge is 0.264 e. The third kappa shape index (κ3) is 4.51. The standard InChI is InChI=1S/C23H22ClN5O2/c1-15(2)17-5-9-19(10-6-17)29-22-20(12-27-29)23(31)28(14-26-22)13-21(30)25-11-16-3-7-18(24)8-4-16/h3-10,12,14-15H,11,13H2,1-2H3,(H,25,30). The quantitative estimate of drug-likeness (QED) is 0.501. The van der Waals surface area contributed by atoms with Crippen LogP contribution in [0.15, 0.2) is 65.8 Å². The molecule has 0 aliphatic heterocycles. The Morgan fingerprint density at radius 2 is 1.81 bits per heavy atom. The van der Waals surface area contributed by atoms with Crippen molar-refractivity contribution >= 4 is 28.5 Å². The summed E-state index contributed by atoms with van der Waals surface area (Å²) in [5.74, 6) is 0.148. The lowest BCUT2D eigenvalue weighted by molar-refractivity contribution is -0.121. The Labute approximate surface area is 184 Å². The van der Waals surface area contributed by atoms with Crippen LogP contribution in [-0.2, 0) is 17.9 Å². The molecule has 0 saturated heterocycles. The molecule has 2 aromatic heterocycles. The second-order valence-electron chi connectivity index (χ2n) is 7.62. The fourth-order valence-electron chi connectivity index (χ4n) is 3.26. The van der Waals surface area contributed by atoms with Crippen LogP contribution in [0.5, 0.6) is 0 Å². The number of fused-ring (bicyclic) bond motifs is 1. The van der Waals surface area contributed by atoms with Gasteiger partial charge in [-0.1, -0.05) is 49.7 Å². The fourth-order valence-corrected chi connectivity index (χ4v) is 3.39.